The van der Waals surface area contributed by atoms with Crippen molar-refractivity contribution in [3.8, 4) is 11.5 Å². The summed E-state index contributed by atoms with van der Waals surface area (Å²) in [5, 5.41) is 4.83. The number of halogens is 1. The number of hydrogen-bond acceptors (Lipinski definition) is 3. The van der Waals surface area contributed by atoms with E-state index in [2.05, 4.69) is 68.8 Å². The first kappa shape index (κ1) is 16.5. The quantitative estimate of drug-likeness (QED) is 0.622. The standard InChI is InChI=1S/C20H21BrN2O2/c21-17-10-14(11-19-20(17)25-9-3-8-24-19)12-22-7-6-15-13-23-18-5-2-1-4-16(15)18/h1-2,4-5,10-11,13,22-23H,3,6-9,12H2. The molecule has 0 saturated carbocycles. The molecule has 0 fully saturated rings. The molecular weight excluding hydrogens is 380 g/mol. The molecule has 1 aromatic heterocycles. The maximum absolute atomic E-state index is 5.80. The van der Waals surface area contributed by atoms with E-state index in [4.69, 9.17) is 9.47 Å². The number of aromatic amines is 1. The zero-order valence-electron chi connectivity index (χ0n) is 14.0. The third-order valence-electron chi connectivity index (χ3n) is 4.44. The molecular formula is C20H21BrN2O2. The number of ether oxygens (including phenoxy) is 2. The number of para-hydroxylation sites is 1. The first-order valence-corrected chi connectivity index (χ1v) is 9.44. The van der Waals surface area contributed by atoms with Gasteiger partial charge in [-0.3, -0.25) is 0 Å². The number of hydrogen-bond donors (Lipinski definition) is 2. The van der Waals surface area contributed by atoms with Gasteiger partial charge in [0.2, 0.25) is 0 Å². The molecule has 0 unspecified atom stereocenters. The smallest absolute Gasteiger partial charge is 0.175 e. The van der Waals surface area contributed by atoms with Gasteiger partial charge in [-0.05, 0) is 58.2 Å². The highest BCUT2D eigenvalue weighted by Crippen LogP contribution is 2.38. The summed E-state index contributed by atoms with van der Waals surface area (Å²) >= 11 is 3.60. The second-order valence-electron chi connectivity index (χ2n) is 6.24. The molecule has 0 atom stereocenters. The molecule has 130 valence electrons. The van der Waals surface area contributed by atoms with E-state index in [0.29, 0.717) is 13.2 Å². The van der Waals surface area contributed by atoms with Crippen LogP contribution in [-0.4, -0.2) is 24.7 Å². The average molecular weight is 401 g/mol. The van der Waals surface area contributed by atoms with Gasteiger partial charge < -0.3 is 19.8 Å². The van der Waals surface area contributed by atoms with Crippen LogP contribution in [0.25, 0.3) is 10.9 Å². The monoisotopic (exact) mass is 400 g/mol. The highest BCUT2D eigenvalue weighted by molar-refractivity contribution is 9.10. The van der Waals surface area contributed by atoms with Crippen LogP contribution < -0.4 is 14.8 Å². The second-order valence-corrected chi connectivity index (χ2v) is 7.10. The summed E-state index contributed by atoms with van der Waals surface area (Å²) in [5.74, 6) is 1.65. The number of benzene rings is 2. The van der Waals surface area contributed by atoms with Crippen molar-refractivity contribution >= 4 is 26.8 Å². The van der Waals surface area contributed by atoms with Crippen LogP contribution in [0.2, 0.25) is 0 Å². The Labute approximate surface area is 155 Å². The minimum atomic E-state index is 0.702. The van der Waals surface area contributed by atoms with Crippen molar-refractivity contribution in [3.63, 3.8) is 0 Å². The normalized spacial score (nSPS) is 13.8. The summed E-state index contributed by atoms with van der Waals surface area (Å²) in [6, 6.07) is 12.6. The van der Waals surface area contributed by atoms with Crippen molar-refractivity contribution < 1.29 is 9.47 Å². The lowest BCUT2D eigenvalue weighted by molar-refractivity contribution is 0.296. The van der Waals surface area contributed by atoms with Gasteiger partial charge in [0.15, 0.2) is 11.5 Å². The fourth-order valence-electron chi connectivity index (χ4n) is 3.18. The van der Waals surface area contributed by atoms with E-state index in [1.807, 2.05) is 0 Å². The fourth-order valence-corrected chi connectivity index (χ4v) is 3.78. The number of rotatable bonds is 5. The van der Waals surface area contributed by atoms with Crippen LogP contribution in [0.3, 0.4) is 0 Å². The Morgan fingerprint density at radius 3 is 2.96 bits per heavy atom. The molecule has 0 amide bonds. The lowest BCUT2D eigenvalue weighted by Crippen LogP contribution is -2.16. The van der Waals surface area contributed by atoms with E-state index in [1.165, 1.54) is 22.0 Å². The highest BCUT2D eigenvalue weighted by atomic mass is 79.9. The number of H-pyrrole nitrogens is 1. The Morgan fingerprint density at radius 1 is 1.12 bits per heavy atom. The van der Waals surface area contributed by atoms with Gasteiger partial charge in [0.1, 0.15) is 0 Å². The first-order valence-electron chi connectivity index (χ1n) is 8.65. The number of aromatic nitrogens is 1. The molecule has 2 heterocycles. The lowest BCUT2D eigenvalue weighted by atomic mass is 10.1. The molecule has 2 N–H and O–H groups in total. The third-order valence-corrected chi connectivity index (χ3v) is 5.03. The third kappa shape index (κ3) is 3.67. The number of fused-ring (bicyclic) bond motifs is 2. The molecule has 0 saturated heterocycles. The molecule has 3 aromatic rings. The van der Waals surface area contributed by atoms with Gasteiger partial charge in [0.25, 0.3) is 0 Å². The van der Waals surface area contributed by atoms with E-state index in [1.54, 1.807) is 0 Å². The summed E-state index contributed by atoms with van der Waals surface area (Å²) in [4.78, 5) is 3.33. The number of nitrogens with one attached hydrogen (secondary N) is 2. The van der Waals surface area contributed by atoms with Crippen molar-refractivity contribution in [3.05, 3.63) is 58.2 Å². The molecule has 4 rings (SSSR count). The second kappa shape index (κ2) is 7.50. The lowest BCUT2D eigenvalue weighted by Gasteiger charge is -2.12. The van der Waals surface area contributed by atoms with Gasteiger partial charge in [0, 0.05) is 30.1 Å². The van der Waals surface area contributed by atoms with Crippen molar-refractivity contribution in [1.29, 1.82) is 0 Å². The molecule has 0 radical (unpaired) electrons. The molecule has 0 bridgehead atoms. The average Bonchev–Trinajstić information content (AvgIpc) is 2.87. The molecule has 25 heavy (non-hydrogen) atoms. The summed E-state index contributed by atoms with van der Waals surface area (Å²) < 4.78 is 12.5. The van der Waals surface area contributed by atoms with Crippen LogP contribution in [-0.2, 0) is 13.0 Å². The summed E-state index contributed by atoms with van der Waals surface area (Å²) in [6.45, 7) is 3.14. The van der Waals surface area contributed by atoms with E-state index < -0.39 is 0 Å². The van der Waals surface area contributed by atoms with Crippen LogP contribution in [0.4, 0.5) is 0 Å². The van der Waals surface area contributed by atoms with E-state index in [9.17, 15) is 0 Å². The molecule has 1 aliphatic heterocycles. The molecule has 0 spiro atoms. The SMILES string of the molecule is Brc1cc(CNCCc2c[nH]c3ccccc23)cc2c1OCCCO2. The molecule has 4 nitrogen and oxygen atoms in total. The molecule has 0 aliphatic carbocycles. The summed E-state index contributed by atoms with van der Waals surface area (Å²) in [5.41, 5.74) is 3.74. The van der Waals surface area contributed by atoms with Crippen molar-refractivity contribution in [2.75, 3.05) is 19.8 Å². The van der Waals surface area contributed by atoms with Gasteiger partial charge in [-0.1, -0.05) is 18.2 Å². The minimum absolute atomic E-state index is 0.702. The van der Waals surface area contributed by atoms with Crippen LogP contribution in [0.1, 0.15) is 17.5 Å². The Bertz CT molecular complexity index is 875. The van der Waals surface area contributed by atoms with E-state index >= 15 is 0 Å². The van der Waals surface area contributed by atoms with Crippen molar-refractivity contribution in [1.82, 2.24) is 10.3 Å². The minimum Gasteiger partial charge on any atom is -0.490 e. The van der Waals surface area contributed by atoms with Crippen molar-refractivity contribution in [2.45, 2.75) is 19.4 Å². The fraction of sp³-hybridized carbons (Fsp3) is 0.300. The topological polar surface area (TPSA) is 46.3 Å². The predicted molar refractivity (Wildman–Crippen MR) is 103 cm³/mol. The Kier molecular flexibility index (Phi) is 4.95. The predicted octanol–water partition coefficient (Wildman–Crippen LogP) is 4.42. The van der Waals surface area contributed by atoms with Crippen LogP contribution >= 0.6 is 15.9 Å². The summed E-state index contributed by atoms with van der Waals surface area (Å²) in [6.07, 6.45) is 4.02. The molecule has 2 aromatic carbocycles. The van der Waals surface area contributed by atoms with Gasteiger partial charge >= 0.3 is 0 Å². The first-order chi connectivity index (χ1) is 12.3. The zero-order chi connectivity index (χ0) is 17.1. The van der Waals surface area contributed by atoms with Gasteiger partial charge in [-0.25, -0.2) is 0 Å². The Morgan fingerprint density at radius 2 is 2.00 bits per heavy atom. The van der Waals surface area contributed by atoms with Gasteiger partial charge in [-0.15, -0.1) is 0 Å². The Balaban J connectivity index is 1.37. The van der Waals surface area contributed by atoms with Crippen LogP contribution in [0, 0.1) is 0 Å². The van der Waals surface area contributed by atoms with Gasteiger partial charge in [0.05, 0.1) is 17.7 Å². The molecule has 1 aliphatic rings. The van der Waals surface area contributed by atoms with Crippen molar-refractivity contribution in [2.24, 2.45) is 0 Å². The van der Waals surface area contributed by atoms with Crippen LogP contribution in [0.15, 0.2) is 47.1 Å². The Hall–Kier alpha value is -1.98. The largest absolute Gasteiger partial charge is 0.490 e. The van der Waals surface area contributed by atoms with Gasteiger partial charge in [-0.2, -0.15) is 0 Å². The summed E-state index contributed by atoms with van der Waals surface area (Å²) in [7, 11) is 0. The van der Waals surface area contributed by atoms with Crippen LogP contribution in [0.5, 0.6) is 11.5 Å². The van der Waals surface area contributed by atoms with E-state index in [-0.39, 0.29) is 0 Å². The zero-order valence-corrected chi connectivity index (χ0v) is 15.6. The molecule has 5 heteroatoms. The maximum atomic E-state index is 5.80. The maximum Gasteiger partial charge on any atom is 0.175 e. The highest BCUT2D eigenvalue weighted by Gasteiger charge is 2.15. The van der Waals surface area contributed by atoms with E-state index in [0.717, 1.165) is 41.9 Å².